The van der Waals surface area contributed by atoms with E-state index in [0.717, 1.165) is 12.7 Å². The van der Waals surface area contributed by atoms with Crippen molar-refractivity contribution in [3.63, 3.8) is 0 Å². The van der Waals surface area contributed by atoms with E-state index in [4.69, 9.17) is 4.74 Å². The van der Waals surface area contributed by atoms with E-state index in [1.165, 1.54) is 0 Å². The molecule has 0 N–H and O–H groups in total. The Labute approximate surface area is 108 Å². The molecular weight excluding hydrogens is 252 g/mol. The summed E-state index contributed by atoms with van der Waals surface area (Å²) in [5.41, 5.74) is 0.493. The summed E-state index contributed by atoms with van der Waals surface area (Å²) in [5, 5.41) is 0. The molecule has 0 spiro atoms. The van der Waals surface area contributed by atoms with E-state index in [0.29, 0.717) is 17.9 Å². The highest BCUT2D eigenvalue weighted by Crippen LogP contribution is 2.15. The average Bonchev–Trinajstić information content (AvgIpc) is 2.33. The largest absolute Gasteiger partial charge is 0.494 e. The van der Waals surface area contributed by atoms with E-state index in [2.05, 4.69) is 0 Å². The Kier molecular flexibility index (Phi) is 5.34. The van der Waals surface area contributed by atoms with Gasteiger partial charge in [0.2, 0.25) is 0 Å². The van der Waals surface area contributed by atoms with Crippen LogP contribution >= 0.6 is 0 Å². The zero-order valence-electron chi connectivity index (χ0n) is 10.7. The smallest absolute Gasteiger partial charge is 0.164 e. The quantitative estimate of drug-likeness (QED) is 0.712. The van der Waals surface area contributed by atoms with E-state index in [1.807, 2.05) is 6.92 Å². The Hall–Kier alpha value is -1.36. The second-order valence-corrected chi connectivity index (χ2v) is 6.44. The van der Waals surface area contributed by atoms with Crippen molar-refractivity contribution in [3.05, 3.63) is 29.8 Å². The van der Waals surface area contributed by atoms with Crippen LogP contribution in [0.3, 0.4) is 0 Å². The van der Waals surface area contributed by atoms with Gasteiger partial charge in [0.1, 0.15) is 15.6 Å². The zero-order chi connectivity index (χ0) is 13.6. The van der Waals surface area contributed by atoms with Crippen molar-refractivity contribution in [1.82, 2.24) is 0 Å². The lowest BCUT2D eigenvalue weighted by Gasteiger charge is -2.06. The van der Waals surface area contributed by atoms with Crippen molar-refractivity contribution in [2.24, 2.45) is 0 Å². The number of carbonyl (C=O) groups is 1. The minimum Gasteiger partial charge on any atom is -0.494 e. The van der Waals surface area contributed by atoms with E-state index in [1.54, 1.807) is 24.3 Å². The van der Waals surface area contributed by atoms with Crippen LogP contribution in [0.25, 0.3) is 0 Å². The van der Waals surface area contributed by atoms with Gasteiger partial charge >= 0.3 is 0 Å². The summed E-state index contributed by atoms with van der Waals surface area (Å²) in [6.07, 6.45) is 2.03. The minimum absolute atomic E-state index is 0.00998. The molecule has 0 aromatic heterocycles. The van der Waals surface area contributed by atoms with Gasteiger partial charge in [0, 0.05) is 18.2 Å². The minimum atomic E-state index is -3.10. The predicted octanol–water partition coefficient (Wildman–Crippen LogP) is 2.09. The number of sulfone groups is 1. The highest BCUT2D eigenvalue weighted by Gasteiger charge is 2.10. The molecular formula is C13H18O4S. The Bertz CT molecular complexity index is 505. The van der Waals surface area contributed by atoms with E-state index in [9.17, 15) is 13.2 Å². The second kappa shape index (κ2) is 6.54. The molecule has 100 valence electrons. The van der Waals surface area contributed by atoms with Gasteiger partial charge in [-0.15, -0.1) is 0 Å². The third-order valence-corrected chi connectivity index (χ3v) is 3.27. The first-order valence-corrected chi connectivity index (χ1v) is 7.92. The molecule has 0 atom stereocenters. The van der Waals surface area contributed by atoms with Crippen molar-refractivity contribution in [3.8, 4) is 5.75 Å². The first-order valence-electron chi connectivity index (χ1n) is 5.86. The van der Waals surface area contributed by atoms with E-state index >= 15 is 0 Å². The van der Waals surface area contributed by atoms with Gasteiger partial charge in [0.25, 0.3) is 0 Å². The van der Waals surface area contributed by atoms with Crippen LogP contribution in [0.4, 0.5) is 0 Å². The summed E-state index contributed by atoms with van der Waals surface area (Å²) in [6, 6.07) is 6.84. The van der Waals surface area contributed by atoms with Gasteiger partial charge in [0.15, 0.2) is 5.78 Å². The topological polar surface area (TPSA) is 60.4 Å². The molecule has 0 fully saturated rings. The number of ketones is 1. The second-order valence-electron chi connectivity index (χ2n) is 4.18. The van der Waals surface area contributed by atoms with E-state index < -0.39 is 9.84 Å². The standard InChI is InChI=1S/C13H18O4S/c1-3-8-17-12-6-4-5-11(10-12)13(14)7-9-18(2,15)16/h4-6,10H,3,7-9H2,1-2H3. The lowest BCUT2D eigenvalue weighted by Crippen LogP contribution is -2.09. The SMILES string of the molecule is CCCOc1cccc(C(=O)CCS(C)(=O)=O)c1. The fraction of sp³-hybridized carbons (Fsp3) is 0.462. The molecule has 5 heteroatoms. The van der Waals surface area contributed by atoms with Crippen molar-refractivity contribution < 1.29 is 17.9 Å². The van der Waals surface area contributed by atoms with Crippen LogP contribution in [-0.2, 0) is 9.84 Å². The lowest BCUT2D eigenvalue weighted by molar-refractivity contribution is 0.0988. The Morgan fingerprint density at radius 3 is 2.67 bits per heavy atom. The molecule has 0 aliphatic rings. The molecule has 1 aromatic carbocycles. The molecule has 0 amide bonds. The molecule has 0 saturated carbocycles. The molecule has 0 aliphatic carbocycles. The van der Waals surface area contributed by atoms with Gasteiger partial charge < -0.3 is 4.74 Å². The Balaban J connectivity index is 2.68. The third kappa shape index (κ3) is 5.31. The molecule has 1 rings (SSSR count). The maximum Gasteiger partial charge on any atom is 0.164 e. The van der Waals surface area contributed by atoms with Gasteiger partial charge in [-0.1, -0.05) is 19.1 Å². The highest BCUT2D eigenvalue weighted by molar-refractivity contribution is 7.90. The zero-order valence-corrected chi connectivity index (χ0v) is 11.5. The predicted molar refractivity (Wildman–Crippen MR) is 70.9 cm³/mol. The highest BCUT2D eigenvalue weighted by atomic mass is 32.2. The molecule has 0 bridgehead atoms. The summed E-state index contributed by atoms with van der Waals surface area (Å²) in [7, 11) is -3.10. The van der Waals surface area contributed by atoms with Gasteiger partial charge in [0.05, 0.1) is 12.4 Å². The van der Waals surface area contributed by atoms with Crippen LogP contribution in [0, 0.1) is 0 Å². The van der Waals surface area contributed by atoms with Crippen LogP contribution in [0.1, 0.15) is 30.1 Å². The summed E-state index contributed by atoms with van der Waals surface area (Å²) in [6.45, 7) is 2.60. The summed E-state index contributed by atoms with van der Waals surface area (Å²) in [5.74, 6) is 0.343. The van der Waals surface area contributed by atoms with Gasteiger partial charge in [-0.2, -0.15) is 0 Å². The van der Waals surface area contributed by atoms with Gasteiger partial charge in [-0.05, 0) is 18.6 Å². The fourth-order valence-corrected chi connectivity index (χ4v) is 1.96. The van der Waals surface area contributed by atoms with Gasteiger partial charge in [-0.25, -0.2) is 8.42 Å². The number of rotatable bonds is 7. The maximum atomic E-state index is 11.8. The molecule has 1 aromatic rings. The third-order valence-electron chi connectivity index (χ3n) is 2.33. The normalized spacial score (nSPS) is 11.2. The van der Waals surface area contributed by atoms with Crippen molar-refractivity contribution >= 4 is 15.6 Å². The van der Waals surface area contributed by atoms with Crippen molar-refractivity contribution in [2.75, 3.05) is 18.6 Å². The monoisotopic (exact) mass is 270 g/mol. The van der Waals surface area contributed by atoms with Gasteiger partial charge in [-0.3, -0.25) is 4.79 Å². The fourth-order valence-electron chi connectivity index (χ4n) is 1.40. The molecule has 4 nitrogen and oxygen atoms in total. The number of Topliss-reactive ketones (excluding diaryl/α,β-unsaturated/α-hetero) is 1. The molecule has 0 saturated heterocycles. The Morgan fingerprint density at radius 2 is 2.06 bits per heavy atom. The van der Waals surface area contributed by atoms with E-state index in [-0.39, 0.29) is 18.0 Å². The van der Waals surface area contributed by atoms with Crippen molar-refractivity contribution in [2.45, 2.75) is 19.8 Å². The molecule has 0 unspecified atom stereocenters. The number of hydrogen-bond donors (Lipinski definition) is 0. The van der Waals surface area contributed by atoms with Crippen LogP contribution in [0.5, 0.6) is 5.75 Å². The van der Waals surface area contributed by atoms with Crippen LogP contribution in [0.15, 0.2) is 24.3 Å². The number of benzene rings is 1. The first-order chi connectivity index (χ1) is 8.42. The molecule has 0 aliphatic heterocycles. The number of carbonyl (C=O) groups excluding carboxylic acids is 1. The number of hydrogen-bond acceptors (Lipinski definition) is 4. The summed E-state index contributed by atoms with van der Waals surface area (Å²) >= 11 is 0. The van der Waals surface area contributed by atoms with Crippen LogP contribution < -0.4 is 4.74 Å². The molecule has 0 radical (unpaired) electrons. The molecule has 0 heterocycles. The summed E-state index contributed by atoms with van der Waals surface area (Å²) in [4.78, 5) is 11.8. The van der Waals surface area contributed by atoms with Crippen LogP contribution in [0.2, 0.25) is 0 Å². The van der Waals surface area contributed by atoms with Crippen LogP contribution in [-0.4, -0.2) is 32.8 Å². The Morgan fingerprint density at radius 1 is 1.33 bits per heavy atom. The maximum absolute atomic E-state index is 11.8. The average molecular weight is 270 g/mol. The summed E-state index contributed by atoms with van der Waals surface area (Å²) < 4.78 is 27.4. The number of ether oxygens (including phenoxy) is 1. The van der Waals surface area contributed by atoms with Crippen molar-refractivity contribution in [1.29, 1.82) is 0 Å². The molecule has 18 heavy (non-hydrogen) atoms. The first kappa shape index (κ1) is 14.7. The lowest BCUT2D eigenvalue weighted by atomic mass is 10.1.